The molecule has 0 radical (unpaired) electrons. The van der Waals surface area contributed by atoms with E-state index in [4.69, 9.17) is 55.7 Å². The number of rotatable bonds is 9. The number of nitrogens with one attached hydrogen (secondary N) is 3. The Bertz CT molecular complexity index is 2670. The first-order valence-corrected chi connectivity index (χ1v) is 23.5. The van der Waals surface area contributed by atoms with Gasteiger partial charge in [-0.3, -0.25) is 29.2 Å². The lowest BCUT2D eigenvalue weighted by atomic mass is 10.1. The molecule has 2 amide bonds. The molecule has 3 fully saturated rings. The zero-order chi connectivity index (χ0) is 43.1. The number of nitriles is 1. The highest BCUT2D eigenvalue weighted by molar-refractivity contribution is 8.07. The molecule has 9 atom stereocenters. The highest BCUT2D eigenvalue weighted by atomic mass is 32.5. The molecule has 2 unspecified atom stereocenters. The summed E-state index contributed by atoms with van der Waals surface area (Å²) in [4.78, 5) is 64.8. The van der Waals surface area contributed by atoms with Gasteiger partial charge >= 0.3 is 13.4 Å². The summed E-state index contributed by atoms with van der Waals surface area (Å²) in [6, 6.07) is 10.3. The molecule has 61 heavy (non-hydrogen) atoms. The van der Waals surface area contributed by atoms with Crippen LogP contribution in [-0.4, -0.2) is 117 Å². The number of aromatic amines is 1. The number of aromatic nitrogens is 10. The van der Waals surface area contributed by atoms with Crippen LogP contribution in [0.1, 0.15) is 49.5 Å². The first kappa shape index (κ1) is 43.0. The Morgan fingerprint density at radius 1 is 1.03 bits per heavy atom. The van der Waals surface area contributed by atoms with Crippen LogP contribution in [-0.2, 0) is 60.5 Å². The van der Waals surface area contributed by atoms with Gasteiger partial charge in [0.2, 0.25) is 11.9 Å². The third-order valence-corrected chi connectivity index (χ3v) is 13.3. The monoisotopic (exact) mass is 921 g/mol. The maximum Gasteiger partial charge on any atom is 0.327 e. The SMILES string of the molecule is CC(C)C(=O)Nc1nc2c(nnn2[C@@H]2O[C@@H]3COP(=S)(OCCC#N)O[C@H]4[C@H](F)[C@H](n5nnc6c(NC(=O)c7ccccc7)ncnc65)O[C@@H]4COP(O)(=S)O[C@H]2C3)c(=O)[nH]1. The molecule has 4 aromatic heterocycles. The van der Waals surface area contributed by atoms with Crippen molar-refractivity contribution in [2.45, 2.75) is 69.7 Å². The van der Waals surface area contributed by atoms with E-state index in [2.05, 4.69) is 51.2 Å². The third-order valence-electron chi connectivity index (χ3n) is 9.33. The lowest BCUT2D eigenvalue weighted by Gasteiger charge is -2.29. The molecule has 1 aromatic carbocycles. The van der Waals surface area contributed by atoms with E-state index < -0.39 is 86.4 Å². The average Bonchev–Trinajstić information content (AvgIpc) is 4.02. The van der Waals surface area contributed by atoms with Crippen LogP contribution in [0.4, 0.5) is 16.2 Å². The van der Waals surface area contributed by atoms with Crippen molar-refractivity contribution < 1.29 is 51.0 Å². The van der Waals surface area contributed by atoms with Crippen LogP contribution in [0, 0.1) is 17.2 Å². The van der Waals surface area contributed by atoms with Gasteiger partial charge in [0.25, 0.3) is 11.5 Å². The molecule has 0 saturated carbocycles. The van der Waals surface area contributed by atoms with Gasteiger partial charge in [-0.1, -0.05) is 42.5 Å². The van der Waals surface area contributed by atoms with Crippen molar-refractivity contribution >= 4 is 83.0 Å². The molecule has 3 aliphatic rings. The van der Waals surface area contributed by atoms with Gasteiger partial charge in [0.1, 0.15) is 24.6 Å². The van der Waals surface area contributed by atoms with Gasteiger partial charge in [-0.25, -0.2) is 14.4 Å². The predicted molar refractivity (Wildman–Crippen MR) is 213 cm³/mol. The molecular weight excluding hydrogens is 888 g/mol. The summed E-state index contributed by atoms with van der Waals surface area (Å²) in [7, 11) is 0. The number of hydrogen-bond acceptors (Lipinski definition) is 20. The second-order valence-electron chi connectivity index (χ2n) is 13.9. The maximum atomic E-state index is 16.8. The molecule has 8 rings (SSSR count). The molecule has 0 spiro atoms. The largest absolute Gasteiger partial charge is 0.348 e. The van der Waals surface area contributed by atoms with Gasteiger partial charge in [0.05, 0.1) is 38.4 Å². The highest BCUT2D eigenvalue weighted by Gasteiger charge is 2.52. The first-order valence-electron chi connectivity index (χ1n) is 18.4. The van der Waals surface area contributed by atoms with E-state index in [0.29, 0.717) is 5.56 Å². The fourth-order valence-corrected chi connectivity index (χ4v) is 9.96. The van der Waals surface area contributed by atoms with E-state index in [1.807, 2.05) is 6.07 Å². The number of hydrogen-bond donors (Lipinski definition) is 4. The van der Waals surface area contributed by atoms with Crippen molar-refractivity contribution in [3.05, 3.63) is 52.6 Å². The number of anilines is 2. The summed E-state index contributed by atoms with van der Waals surface area (Å²) in [5, 5.41) is 30.6. The van der Waals surface area contributed by atoms with Gasteiger partial charge in [0.15, 0.2) is 46.8 Å². The minimum Gasteiger partial charge on any atom is -0.348 e. The van der Waals surface area contributed by atoms with Crippen LogP contribution in [0.25, 0.3) is 22.3 Å². The zero-order valence-electron chi connectivity index (χ0n) is 31.7. The molecule has 24 nitrogen and oxygen atoms in total. The Kier molecular flexibility index (Phi) is 12.4. The van der Waals surface area contributed by atoms with Gasteiger partial charge in [0, 0.05) is 17.9 Å². The van der Waals surface area contributed by atoms with Crippen LogP contribution >= 0.6 is 13.4 Å². The number of alkyl halides is 1. The van der Waals surface area contributed by atoms with Crippen molar-refractivity contribution in [2.24, 2.45) is 5.92 Å². The van der Waals surface area contributed by atoms with Gasteiger partial charge in [-0.15, -0.1) is 10.2 Å². The van der Waals surface area contributed by atoms with Crippen LogP contribution in [0.3, 0.4) is 0 Å². The minimum atomic E-state index is -4.27. The normalized spacial score (nSPS) is 29.3. The number of halogens is 1. The zero-order valence-corrected chi connectivity index (χ0v) is 35.1. The number of H-pyrrole nitrogens is 1. The molecule has 7 heterocycles. The Hall–Kier alpha value is -4.68. The molecule has 322 valence electrons. The van der Waals surface area contributed by atoms with E-state index in [1.165, 1.54) is 0 Å². The number of ether oxygens (including phenoxy) is 2. The second kappa shape index (κ2) is 17.6. The quantitative estimate of drug-likeness (QED) is 0.122. The van der Waals surface area contributed by atoms with E-state index in [1.54, 1.807) is 44.2 Å². The van der Waals surface area contributed by atoms with Crippen molar-refractivity contribution in [1.82, 2.24) is 49.9 Å². The topological polar surface area (TPSA) is 300 Å². The van der Waals surface area contributed by atoms with E-state index in [9.17, 15) is 24.5 Å². The summed E-state index contributed by atoms with van der Waals surface area (Å²) in [5.74, 6) is -1.55. The van der Waals surface area contributed by atoms with E-state index in [0.717, 1.165) is 15.7 Å². The average molecular weight is 922 g/mol. The number of benzene rings is 1. The number of nitrogens with zero attached hydrogens (tertiary/aromatic N) is 10. The fraction of sp³-hybridized carbons (Fsp3) is 0.469. The maximum absolute atomic E-state index is 16.8. The highest BCUT2D eigenvalue weighted by Crippen LogP contribution is 2.56. The van der Waals surface area contributed by atoms with Gasteiger partial charge in [-0.2, -0.15) is 19.6 Å². The minimum absolute atomic E-state index is 0.0102. The molecule has 5 aromatic rings. The summed E-state index contributed by atoms with van der Waals surface area (Å²) in [5.41, 5.74) is -0.697. The van der Waals surface area contributed by atoms with Crippen molar-refractivity contribution in [3.8, 4) is 6.07 Å². The van der Waals surface area contributed by atoms with E-state index in [-0.39, 0.29) is 60.1 Å². The molecule has 2 bridgehead atoms. The lowest BCUT2D eigenvalue weighted by molar-refractivity contribution is -0.118. The number of carbonyl (C=O) groups is 2. The molecule has 0 aliphatic carbocycles. The van der Waals surface area contributed by atoms with Crippen LogP contribution in [0.15, 0.2) is 41.5 Å². The van der Waals surface area contributed by atoms with Crippen molar-refractivity contribution in [3.63, 3.8) is 0 Å². The molecular formula is C32H34FN13O11P2S2. The summed E-state index contributed by atoms with van der Waals surface area (Å²) in [6.45, 7) is -6.18. The fourth-order valence-electron chi connectivity index (χ4n) is 6.41. The lowest BCUT2D eigenvalue weighted by Crippen LogP contribution is -2.34. The Morgan fingerprint density at radius 2 is 1.79 bits per heavy atom. The van der Waals surface area contributed by atoms with Crippen molar-refractivity contribution in [1.29, 1.82) is 5.26 Å². The molecule has 3 saturated heterocycles. The molecule has 4 N–H and O–H groups in total. The summed E-state index contributed by atoms with van der Waals surface area (Å²) in [6.07, 6.45) is -9.08. The Labute approximate surface area is 352 Å². The Morgan fingerprint density at radius 3 is 2.54 bits per heavy atom. The number of amides is 2. The summed E-state index contributed by atoms with van der Waals surface area (Å²) < 4.78 is 61.0. The summed E-state index contributed by atoms with van der Waals surface area (Å²) >= 11 is 11.2. The Balaban J connectivity index is 1.08. The van der Waals surface area contributed by atoms with Gasteiger partial charge < -0.3 is 37.8 Å². The van der Waals surface area contributed by atoms with Crippen molar-refractivity contribution in [2.75, 3.05) is 30.5 Å². The van der Waals surface area contributed by atoms with Crippen LogP contribution < -0.4 is 16.2 Å². The number of fused-ring (bicyclic) bond motifs is 5. The standard InChI is InChI=1S/C32H34FN13O11P2S2/c1-15(2)27(47)39-32-38-26-22(29(49)40-32)42-44-46(26)30-18-11-17(54-30)12-53-59(61,51-10-6-9-34)57-23-19(13-52-58(50,60)56-18)55-31(20(23)33)45-25-21(41-43-45)24(35-14-36-25)37-28(48)16-7-4-3-5-8-16/h3-5,7-8,14-15,17-20,23,30-31H,6,10-13H2,1-2H3,(H,50,60)(H,35,36,37,48)(H2,38,39,40,47,49)/t17-,18-,19+,20-,23+,30+,31+,58?,59?/m0/s1. The molecule has 29 heteroatoms. The third kappa shape index (κ3) is 9.12. The first-order chi connectivity index (χ1) is 29.2. The van der Waals surface area contributed by atoms with Gasteiger partial charge in [-0.05, 0) is 35.7 Å². The second-order valence-corrected chi connectivity index (χ2v) is 19.6. The molecule has 3 aliphatic heterocycles. The van der Waals surface area contributed by atoms with Crippen LogP contribution in [0.2, 0.25) is 0 Å². The number of carbonyl (C=O) groups excluding carboxylic acids is 2. The smallest absolute Gasteiger partial charge is 0.327 e. The van der Waals surface area contributed by atoms with Crippen LogP contribution in [0.5, 0.6) is 0 Å². The predicted octanol–water partition coefficient (Wildman–Crippen LogP) is 2.31. The van der Waals surface area contributed by atoms with E-state index >= 15 is 4.39 Å².